The Morgan fingerprint density at radius 3 is 2.34 bits per heavy atom. The molecular formula is C31H35N5O4S. The van der Waals surface area contributed by atoms with Gasteiger partial charge in [-0.25, -0.2) is 13.4 Å². The van der Waals surface area contributed by atoms with Crippen LogP contribution in [0.2, 0.25) is 0 Å². The second kappa shape index (κ2) is 11.9. The van der Waals surface area contributed by atoms with Crippen LogP contribution >= 0.6 is 0 Å². The lowest BCUT2D eigenvalue weighted by atomic mass is 10.00. The number of sulfone groups is 1. The first-order chi connectivity index (χ1) is 19.6. The third-order valence-corrected chi connectivity index (χ3v) is 8.22. The predicted molar refractivity (Wildman–Crippen MR) is 164 cm³/mol. The molecule has 1 amide bonds. The Hall–Kier alpha value is -3.99. The number of aromatic hydroxyl groups is 1. The molecule has 0 aliphatic carbocycles. The number of benzene rings is 3. The SMILES string of the molecule is CN1CCN(CC(=O)N(C)c2ccc(N=C(c3ccccc3)c3c(O)[nH]c4ccc(CS(C)(=O)=O)cc34)cc2)CC1. The van der Waals surface area contributed by atoms with E-state index in [-0.39, 0.29) is 17.5 Å². The van der Waals surface area contributed by atoms with Gasteiger partial charge in [-0.2, -0.15) is 0 Å². The number of fused-ring (bicyclic) bond motifs is 1. The third kappa shape index (κ3) is 6.84. The topological polar surface area (TPSA) is 109 Å². The lowest BCUT2D eigenvalue weighted by Crippen LogP contribution is -2.48. The molecule has 5 rings (SSSR count). The zero-order valence-corrected chi connectivity index (χ0v) is 24.4. The molecule has 0 spiro atoms. The van der Waals surface area contributed by atoms with Crippen LogP contribution in [0, 0.1) is 0 Å². The van der Waals surface area contributed by atoms with Crippen LogP contribution in [0.25, 0.3) is 10.9 Å². The van der Waals surface area contributed by atoms with E-state index in [0.29, 0.717) is 40.0 Å². The van der Waals surface area contributed by atoms with Crippen molar-refractivity contribution in [2.45, 2.75) is 5.75 Å². The standard InChI is InChI=1S/C31H35N5O4S/c1-34-15-17-36(18-16-34)20-28(37)35(2)25-12-10-24(11-13-25)32-30(23-7-5-4-6-8-23)29-26-19-22(21-41(3,39)40)9-14-27(26)33-31(29)38/h4-14,19,33,38H,15-18,20-21H2,1-3H3. The number of anilines is 1. The molecule has 1 aromatic heterocycles. The minimum atomic E-state index is -3.24. The molecule has 2 N–H and O–H groups in total. The number of carbonyl (C=O) groups is 1. The van der Waals surface area contributed by atoms with E-state index in [2.05, 4.69) is 21.8 Å². The first kappa shape index (κ1) is 28.5. The molecule has 1 fully saturated rings. The van der Waals surface area contributed by atoms with Crippen LogP contribution in [-0.4, -0.2) is 93.0 Å². The molecule has 41 heavy (non-hydrogen) atoms. The van der Waals surface area contributed by atoms with Gasteiger partial charge in [0.1, 0.15) is 0 Å². The van der Waals surface area contributed by atoms with E-state index in [4.69, 9.17) is 4.99 Å². The van der Waals surface area contributed by atoms with E-state index >= 15 is 0 Å². The number of piperazine rings is 1. The van der Waals surface area contributed by atoms with Crippen molar-refractivity contribution in [3.63, 3.8) is 0 Å². The van der Waals surface area contributed by atoms with Gasteiger partial charge in [0.2, 0.25) is 5.91 Å². The molecule has 0 saturated carbocycles. The summed E-state index contributed by atoms with van der Waals surface area (Å²) in [7, 11) is 0.637. The van der Waals surface area contributed by atoms with Gasteiger partial charge in [0.05, 0.1) is 29.3 Å². The van der Waals surface area contributed by atoms with Crippen LogP contribution < -0.4 is 4.90 Å². The van der Waals surface area contributed by atoms with Crippen LogP contribution in [-0.2, 0) is 20.4 Å². The number of amides is 1. The summed E-state index contributed by atoms with van der Waals surface area (Å²) in [5.41, 5.74) is 4.54. The molecule has 9 nitrogen and oxygen atoms in total. The molecule has 214 valence electrons. The van der Waals surface area contributed by atoms with Gasteiger partial charge in [-0.1, -0.05) is 36.4 Å². The van der Waals surface area contributed by atoms with E-state index in [1.165, 1.54) is 6.26 Å². The average molecular weight is 574 g/mol. The lowest BCUT2D eigenvalue weighted by Gasteiger charge is -2.32. The lowest BCUT2D eigenvalue weighted by molar-refractivity contribution is -0.119. The van der Waals surface area contributed by atoms with Crippen LogP contribution in [0.15, 0.2) is 77.8 Å². The van der Waals surface area contributed by atoms with E-state index < -0.39 is 9.84 Å². The van der Waals surface area contributed by atoms with E-state index in [1.54, 1.807) is 30.1 Å². The van der Waals surface area contributed by atoms with Crippen LogP contribution in [0.5, 0.6) is 5.88 Å². The van der Waals surface area contributed by atoms with Gasteiger partial charge in [-0.3, -0.25) is 9.69 Å². The van der Waals surface area contributed by atoms with E-state index in [0.717, 1.165) is 37.4 Å². The van der Waals surface area contributed by atoms with Crippen molar-refractivity contribution in [3.05, 3.63) is 89.5 Å². The number of carbonyl (C=O) groups excluding carboxylic acids is 1. The summed E-state index contributed by atoms with van der Waals surface area (Å²) < 4.78 is 23.9. The Morgan fingerprint density at radius 2 is 1.68 bits per heavy atom. The number of aromatic nitrogens is 1. The molecule has 1 saturated heterocycles. The fraction of sp³-hybridized carbons (Fsp3) is 0.290. The smallest absolute Gasteiger partial charge is 0.240 e. The maximum absolute atomic E-state index is 12.9. The average Bonchev–Trinajstić information content (AvgIpc) is 3.27. The highest BCUT2D eigenvalue weighted by Crippen LogP contribution is 2.33. The second-order valence-electron chi connectivity index (χ2n) is 10.7. The summed E-state index contributed by atoms with van der Waals surface area (Å²) in [6, 6.07) is 22.2. The number of aliphatic imine (C=N–C) groups is 1. The van der Waals surface area contributed by atoms with Gasteiger partial charge in [0.15, 0.2) is 15.7 Å². The number of hydrogen-bond acceptors (Lipinski definition) is 7. The maximum atomic E-state index is 12.9. The monoisotopic (exact) mass is 573 g/mol. The van der Waals surface area contributed by atoms with Crippen molar-refractivity contribution in [2.75, 3.05) is 58.0 Å². The summed E-state index contributed by atoms with van der Waals surface area (Å²) in [6.45, 7) is 4.05. The fourth-order valence-corrected chi connectivity index (χ4v) is 5.83. The predicted octanol–water partition coefficient (Wildman–Crippen LogP) is 3.80. The molecule has 0 atom stereocenters. The number of rotatable bonds is 8. The Morgan fingerprint density at radius 1 is 1.00 bits per heavy atom. The van der Waals surface area contributed by atoms with Crippen molar-refractivity contribution in [2.24, 2.45) is 4.99 Å². The summed E-state index contributed by atoms with van der Waals surface area (Å²) >= 11 is 0. The Labute approximate surface area is 240 Å². The molecular weight excluding hydrogens is 538 g/mol. The van der Waals surface area contributed by atoms with Crippen LogP contribution in [0.1, 0.15) is 16.7 Å². The number of nitrogens with one attached hydrogen (secondary N) is 1. The summed E-state index contributed by atoms with van der Waals surface area (Å²) in [5, 5.41) is 11.7. The molecule has 3 aromatic carbocycles. The number of H-pyrrole nitrogens is 1. The van der Waals surface area contributed by atoms with Crippen LogP contribution in [0.4, 0.5) is 11.4 Å². The highest BCUT2D eigenvalue weighted by Gasteiger charge is 2.21. The van der Waals surface area contributed by atoms with Crippen molar-refractivity contribution in [3.8, 4) is 5.88 Å². The molecule has 4 aromatic rings. The largest absolute Gasteiger partial charge is 0.494 e. The molecule has 1 aliphatic heterocycles. The van der Waals surface area contributed by atoms with Gasteiger partial charge < -0.3 is 19.9 Å². The Bertz CT molecular complexity index is 1670. The van der Waals surface area contributed by atoms with Crippen molar-refractivity contribution >= 4 is 43.7 Å². The van der Waals surface area contributed by atoms with Gasteiger partial charge in [-0.05, 0) is 49.0 Å². The van der Waals surface area contributed by atoms with Crippen molar-refractivity contribution < 1.29 is 18.3 Å². The molecule has 2 heterocycles. The molecule has 10 heteroatoms. The first-order valence-electron chi connectivity index (χ1n) is 13.5. The van der Waals surface area contributed by atoms with Gasteiger partial charge in [0, 0.05) is 61.6 Å². The molecule has 0 bridgehead atoms. The van der Waals surface area contributed by atoms with Gasteiger partial charge in [0.25, 0.3) is 0 Å². The zero-order valence-electron chi connectivity index (χ0n) is 23.5. The third-order valence-electron chi connectivity index (χ3n) is 7.36. The quantitative estimate of drug-likeness (QED) is 0.311. The Balaban J connectivity index is 1.46. The van der Waals surface area contributed by atoms with E-state index in [9.17, 15) is 18.3 Å². The summed E-state index contributed by atoms with van der Waals surface area (Å²) in [4.78, 5) is 27.0. The molecule has 1 aliphatic rings. The van der Waals surface area contributed by atoms with Crippen molar-refractivity contribution in [1.82, 2.24) is 14.8 Å². The number of nitrogens with zero attached hydrogens (tertiary/aromatic N) is 4. The zero-order chi connectivity index (χ0) is 29.1. The Kier molecular flexibility index (Phi) is 8.25. The molecule has 0 radical (unpaired) electrons. The number of hydrogen-bond donors (Lipinski definition) is 2. The van der Waals surface area contributed by atoms with Gasteiger partial charge >= 0.3 is 0 Å². The van der Waals surface area contributed by atoms with Gasteiger partial charge in [-0.15, -0.1) is 0 Å². The van der Waals surface area contributed by atoms with E-state index in [1.807, 2.05) is 54.6 Å². The summed E-state index contributed by atoms with van der Waals surface area (Å²) in [6.07, 6.45) is 1.20. The number of likely N-dealkylation sites (N-methyl/N-ethyl adjacent to an activating group) is 2. The van der Waals surface area contributed by atoms with Crippen LogP contribution in [0.3, 0.4) is 0 Å². The normalized spacial score (nSPS) is 15.3. The highest BCUT2D eigenvalue weighted by atomic mass is 32.2. The maximum Gasteiger partial charge on any atom is 0.240 e. The second-order valence-corrected chi connectivity index (χ2v) is 12.8. The number of aromatic amines is 1. The minimum Gasteiger partial charge on any atom is -0.494 e. The summed E-state index contributed by atoms with van der Waals surface area (Å²) in [5.74, 6) is -0.122. The highest BCUT2D eigenvalue weighted by molar-refractivity contribution is 7.89. The molecule has 0 unspecified atom stereocenters. The van der Waals surface area contributed by atoms with Crippen molar-refractivity contribution in [1.29, 1.82) is 0 Å². The first-order valence-corrected chi connectivity index (χ1v) is 15.6. The minimum absolute atomic E-state index is 0.0318. The fourth-order valence-electron chi connectivity index (χ4n) is 5.05.